The molecule has 4 nitrogen and oxygen atoms in total. The van der Waals surface area contributed by atoms with Crippen molar-refractivity contribution in [2.45, 2.75) is 19.8 Å². The molecule has 0 atom stereocenters. The molecule has 0 aliphatic rings. The summed E-state index contributed by atoms with van der Waals surface area (Å²) in [6, 6.07) is 10.5. The van der Waals surface area contributed by atoms with Crippen LogP contribution in [0.4, 0.5) is 17.3 Å². The highest BCUT2D eigenvalue weighted by Gasteiger charge is 2.07. The molecule has 19 heavy (non-hydrogen) atoms. The van der Waals surface area contributed by atoms with Gasteiger partial charge >= 0.3 is 0 Å². The SMILES string of the molecule is CNc1cc(N(C)c2ccc(C(C)C)cc2)ncn1. The maximum Gasteiger partial charge on any atom is 0.138 e. The van der Waals surface area contributed by atoms with Crippen LogP contribution >= 0.6 is 0 Å². The summed E-state index contributed by atoms with van der Waals surface area (Å²) in [5.74, 6) is 2.24. The van der Waals surface area contributed by atoms with E-state index in [2.05, 4.69) is 53.4 Å². The standard InChI is InChI=1S/C15H20N4/c1-11(2)12-5-7-13(8-6-12)19(4)15-9-14(16-3)17-10-18-15/h5-11H,1-4H3,(H,16,17,18). The van der Waals surface area contributed by atoms with E-state index in [1.165, 1.54) is 5.56 Å². The fourth-order valence-corrected chi connectivity index (χ4v) is 1.88. The Morgan fingerprint density at radius 3 is 2.37 bits per heavy atom. The number of nitrogens with zero attached hydrogens (tertiary/aromatic N) is 3. The van der Waals surface area contributed by atoms with Crippen molar-refractivity contribution in [3.63, 3.8) is 0 Å². The Balaban J connectivity index is 2.25. The van der Waals surface area contributed by atoms with E-state index in [0.29, 0.717) is 5.92 Å². The van der Waals surface area contributed by atoms with E-state index in [4.69, 9.17) is 0 Å². The quantitative estimate of drug-likeness (QED) is 0.910. The van der Waals surface area contributed by atoms with E-state index < -0.39 is 0 Å². The monoisotopic (exact) mass is 256 g/mol. The van der Waals surface area contributed by atoms with Gasteiger partial charge in [0.25, 0.3) is 0 Å². The van der Waals surface area contributed by atoms with Crippen molar-refractivity contribution in [2.24, 2.45) is 0 Å². The maximum absolute atomic E-state index is 4.30. The highest BCUT2D eigenvalue weighted by molar-refractivity contribution is 5.61. The maximum atomic E-state index is 4.30. The molecule has 1 heterocycles. The minimum absolute atomic E-state index is 0.550. The van der Waals surface area contributed by atoms with Crippen molar-refractivity contribution in [1.29, 1.82) is 0 Å². The van der Waals surface area contributed by atoms with Gasteiger partial charge in [-0.15, -0.1) is 0 Å². The van der Waals surface area contributed by atoms with Gasteiger partial charge < -0.3 is 10.2 Å². The van der Waals surface area contributed by atoms with E-state index in [1.807, 2.05) is 25.1 Å². The second-order valence-electron chi connectivity index (χ2n) is 4.82. The average Bonchev–Trinajstić information content (AvgIpc) is 2.46. The van der Waals surface area contributed by atoms with Crippen molar-refractivity contribution >= 4 is 17.3 Å². The number of hydrogen-bond acceptors (Lipinski definition) is 4. The van der Waals surface area contributed by atoms with Crippen molar-refractivity contribution < 1.29 is 0 Å². The summed E-state index contributed by atoms with van der Waals surface area (Å²) in [6.07, 6.45) is 1.57. The molecule has 0 saturated heterocycles. The van der Waals surface area contributed by atoms with Crippen molar-refractivity contribution in [2.75, 3.05) is 24.3 Å². The molecule has 2 rings (SSSR count). The van der Waals surface area contributed by atoms with Crippen LogP contribution in [-0.4, -0.2) is 24.1 Å². The third-order valence-corrected chi connectivity index (χ3v) is 3.20. The van der Waals surface area contributed by atoms with Gasteiger partial charge in [-0.2, -0.15) is 0 Å². The van der Waals surface area contributed by atoms with Gasteiger partial charge in [-0.1, -0.05) is 26.0 Å². The summed E-state index contributed by atoms with van der Waals surface area (Å²) in [5.41, 5.74) is 2.46. The highest BCUT2D eigenvalue weighted by atomic mass is 15.2. The van der Waals surface area contributed by atoms with Gasteiger partial charge in [-0.25, -0.2) is 9.97 Å². The van der Waals surface area contributed by atoms with E-state index >= 15 is 0 Å². The third kappa shape index (κ3) is 3.02. The van der Waals surface area contributed by atoms with Crippen LogP contribution in [0.25, 0.3) is 0 Å². The van der Waals surface area contributed by atoms with Crippen molar-refractivity contribution in [3.05, 3.63) is 42.2 Å². The molecule has 0 bridgehead atoms. The molecule has 2 aromatic rings. The molecule has 0 fully saturated rings. The molecular formula is C15H20N4. The van der Waals surface area contributed by atoms with Crippen LogP contribution in [0.3, 0.4) is 0 Å². The minimum Gasteiger partial charge on any atom is -0.373 e. The van der Waals surface area contributed by atoms with Crippen molar-refractivity contribution in [3.8, 4) is 0 Å². The predicted molar refractivity (Wildman–Crippen MR) is 80.2 cm³/mol. The number of rotatable bonds is 4. The topological polar surface area (TPSA) is 41.0 Å². The van der Waals surface area contributed by atoms with E-state index in [9.17, 15) is 0 Å². The molecular weight excluding hydrogens is 236 g/mol. The first-order chi connectivity index (χ1) is 9.11. The van der Waals surface area contributed by atoms with Gasteiger partial charge in [0.1, 0.15) is 18.0 Å². The van der Waals surface area contributed by atoms with Gasteiger partial charge in [0.05, 0.1) is 0 Å². The van der Waals surface area contributed by atoms with Gasteiger partial charge in [-0.3, -0.25) is 0 Å². The molecule has 0 aliphatic carbocycles. The summed E-state index contributed by atoms with van der Waals surface area (Å²) in [6.45, 7) is 4.39. The zero-order valence-corrected chi connectivity index (χ0v) is 11.9. The van der Waals surface area contributed by atoms with Crippen LogP contribution in [0.5, 0.6) is 0 Å². The van der Waals surface area contributed by atoms with E-state index in [0.717, 1.165) is 17.3 Å². The van der Waals surface area contributed by atoms with E-state index in [1.54, 1.807) is 6.33 Å². The molecule has 0 radical (unpaired) electrons. The van der Waals surface area contributed by atoms with Crippen LogP contribution < -0.4 is 10.2 Å². The number of hydrogen-bond donors (Lipinski definition) is 1. The molecule has 4 heteroatoms. The lowest BCUT2D eigenvalue weighted by Gasteiger charge is -2.19. The van der Waals surface area contributed by atoms with Gasteiger partial charge in [0, 0.05) is 25.8 Å². The molecule has 0 spiro atoms. The third-order valence-electron chi connectivity index (χ3n) is 3.20. The first-order valence-electron chi connectivity index (χ1n) is 6.45. The molecule has 100 valence electrons. The second kappa shape index (κ2) is 5.69. The number of anilines is 3. The van der Waals surface area contributed by atoms with Crippen LogP contribution in [-0.2, 0) is 0 Å². The molecule has 1 aromatic carbocycles. The fourth-order valence-electron chi connectivity index (χ4n) is 1.88. The Morgan fingerprint density at radius 2 is 1.79 bits per heavy atom. The van der Waals surface area contributed by atoms with Crippen LogP contribution in [0, 0.1) is 0 Å². The Labute approximate surface area is 114 Å². The molecule has 0 saturated carbocycles. The van der Waals surface area contributed by atoms with Crippen LogP contribution in [0.2, 0.25) is 0 Å². The normalized spacial score (nSPS) is 10.6. The smallest absolute Gasteiger partial charge is 0.138 e. The lowest BCUT2D eigenvalue weighted by atomic mass is 10.0. The summed E-state index contributed by atoms with van der Waals surface area (Å²) in [4.78, 5) is 10.5. The zero-order chi connectivity index (χ0) is 13.8. The largest absolute Gasteiger partial charge is 0.373 e. The van der Waals surface area contributed by atoms with E-state index in [-0.39, 0.29) is 0 Å². The predicted octanol–water partition coefficient (Wildman–Crippen LogP) is 3.41. The first kappa shape index (κ1) is 13.3. The van der Waals surface area contributed by atoms with Gasteiger partial charge in [0.15, 0.2) is 0 Å². The Morgan fingerprint density at radius 1 is 1.11 bits per heavy atom. The average molecular weight is 256 g/mol. The zero-order valence-electron chi connectivity index (χ0n) is 11.9. The molecule has 0 aliphatic heterocycles. The number of nitrogens with one attached hydrogen (secondary N) is 1. The Hall–Kier alpha value is -2.10. The van der Waals surface area contributed by atoms with Crippen molar-refractivity contribution in [1.82, 2.24) is 9.97 Å². The van der Waals surface area contributed by atoms with Gasteiger partial charge in [0.2, 0.25) is 0 Å². The number of aromatic nitrogens is 2. The summed E-state index contributed by atoms with van der Waals surface area (Å²) in [5, 5.41) is 3.02. The van der Waals surface area contributed by atoms with Crippen LogP contribution in [0.1, 0.15) is 25.3 Å². The van der Waals surface area contributed by atoms with Crippen LogP contribution in [0.15, 0.2) is 36.7 Å². The lowest BCUT2D eigenvalue weighted by molar-refractivity contribution is 0.866. The fraction of sp³-hybridized carbons (Fsp3) is 0.333. The molecule has 1 N–H and O–H groups in total. The van der Waals surface area contributed by atoms with Gasteiger partial charge in [-0.05, 0) is 23.6 Å². The Bertz CT molecular complexity index is 534. The molecule has 1 aromatic heterocycles. The second-order valence-corrected chi connectivity index (χ2v) is 4.82. The Kier molecular flexibility index (Phi) is 4.00. The summed E-state index contributed by atoms with van der Waals surface area (Å²) < 4.78 is 0. The lowest BCUT2D eigenvalue weighted by Crippen LogP contribution is -2.12. The molecule has 0 unspecified atom stereocenters. The summed E-state index contributed by atoms with van der Waals surface area (Å²) >= 11 is 0. The highest BCUT2D eigenvalue weighted by Crippen LogP contribution is 2.24. The minimum atomic E-state index is 0.550. The summed E-state index contributed by atoms with van der Waals surface area (Å²) in [7, 11) is 3.86. The molecule has 0 amide bonds. The number of benzene rings is 1. The first-order valence-corrected chi connectivity index (χ1v) is 6.45.